The molecule has 0 heterocycles. The fourth-order valence-corrected chi connectivity index (χ4v) is 2.20. The number of nitrogens with zero attached hydrogens (tertiary/aromatic N) is 1. The third-order valence-electron chi connectivity index (χ3n) is 2.98. The van der Waals surface area contributed by atoms with Crippen molar-refractivity contribution in [2.24, 2.45) is 11.7 Å². The zero-order valence-electron chi connectivity index (χ0n) is 11.6. The highest BCUT2D eigenvalue weighted by atomic mass is 15.1. The molecule has 96 valence electrons. The van der Waals surface area contributed by atoms with Crippen LogP contribution in [0.1, 0.15) is 32.8 Å². The van der Waals surface area contributed by atoms with Gasteiger partial charge < -0.3 is 10.6 Å². The first-order chi connectivity index (χ1) is 8.02. The second-order valence-corrected chi connectivity index (χ2v) is 5.27. The van der Waals surface area contributed by atoms with Crippen molar-refractivity contribution in [2.45, 2.75) is 40.2 Å². The number of hydrogen-bond donors (Lipinski definition) is 1. The molecule has 0 radical (unpaired) electrons. The SMILES string of the molecule is CCN(C[C@H](N)CC(C)C)c1cccc(C)c1. The molecule has 2 N–H and O–H groups in total. The number of aryl methyl sites for hydroxylation is 1. The van der Waals surface area contributed by atoms with E-state index in [4.69, 9.17) is 5.73 Å². The summed E-state index contributed by atoms with van der Waals surface area (Å²) in [5.41, 5.74) is 8.77. The molecule has 2 heteroatoms. The van der Waals surface area contributed by atoms with Crippen LogP contribution in [0.4, 0.5) is 5.69 Å². The molecule has 17 heavy (non-hydrogen) atoms. The van der Waals surface area contributed by atoms with E-state index in [9.17, 15) is 0 Å². The highest BCUT2D eigenvalue weighted by Crippen LogP contribution is 2.16. The Morgan fingerprint density at radius 2 is 2.00 bits per heavy atom. The molecule has 0 saturated heterocycles. The van der Waals surface area contributed by atoms with Crippen LogP contribution in [0.15, 0.2) is 24.3 Å². The Morgan fingerprint density at radius 1 is 1.29 bits per heavy atom. The van der Waals surface area contributed by atoms with E-state index in [0.717, 1.165) is 19.5 Å². The molecule has 0 bridgehead atoms. The third-order valence-corrected chi connectivity index (χ3v) is 2.98. The maximum absolute atomic E-state index is 6.18. The van der Waals surface area contributed by atoms with Crippen LogP contribution in [0.2, 0.25) is 0 Å². The summed E-state index contributed by atoms with van der Waals surface area (Å²) >= 11 is 0. The Labute approximate surface area is 106 Å². The minimum Gasteiger partial charge on any atom is -0.370 e. The number of nitrogens with two attached hydrogens (primary N) is 1. The number of likely N-dealkylation sites (N-methyl/N-ethyl adjacent to an activating group) is 1. The lowest BCUT2D eigenvalue weighted by Crippen LogP contribution is -2.38. The molecular weight excluding hydrogens is 208 g/mol. The Bertz CT molecular complexity index is 333. The zero-order valence-corrected chi connectivity index (χ0v) is 11.6. The summed E-state index contributed by atoms with van der Waals surface area (Å²) in [6.07, 6.45) is 1.09. The molecule has 0 fully saturated rings. The van der Waals surface area contributed by atoms with Gasteiger partial charge in [0.1, 0.15) is 0 Å². The predicted molar refractivity (Wildman–Crippen MR) is 76.5 cm³/mol. The van der Waals surface area contributed by atoms with Crippen molar-refractivity contribution in [2.75, 3.05) is 18.0 Å². The average Bonchev–Trinajstić information content (AvgIpc) is 2.24. The van der Waals surface area contributed by atoms with Crippen molar-refractivity contribution in [3.05, 3.63) is 29.8 Å². The van der Waals surface area contributed by atoms with Gasteiger partial charge in [-0.25, -0.2) is 0 Å². The zero-order chi connectivity index (χ0) is 12.8. The first-order valence-corrected chi connectivity index (χ1v) is 6.60. The second kappa shape index (κ2) is 6.65. The summed E-state index contributed by atoms with van der Waals surface area (Å²) in [4.78, 5) is 2.36. The quantitative estimate of drug-likeness (QED) is 0.819. The molecule has 2 nitrogen and oxygen atoms in total. The average molecular weight is 234 g/mol. The van der Waals surface area contributed by atoms with Gasteiger partial charge in [-0.1, -0.05) is 26.0 Å². The fraction of sp³-hybridized carbons (Fsp3) is 0.600. The van der Waals surface area contributed by atoms with Gasteiger partial charge in [-0.15, -0.1) is 0 Å². The maximum Gasteiger partial charge on any atom is 0.0369 e. The van der Waals surface area contributed by atoms with Crippen LogP contribution in [-0.2, 0) is 0 Å². The number of rotatable bonds is 6. The molecule has 1 aromatic rings. The molecule has 0 aliphatic rings. The molecule has 0 aromatic heterocycles. The van der Waals surface area contributed by atoms with Crippen LogP contribution in [0.3, 0.4) is 0 Å². The second-order valence-electron chi connectivity index (χ2n) is 5.27. The molecule has 0 saturated carbocycles. The Balaban J connectivity index is 2.65. The van der Waals surface area contributed by atoms with Crippen LogP contribution in [0, 0.1) is 12.8 Å². The van der Waals surface area contributed by atoms with Crippen molar-refractivity contribution in [3.8, 4) is 0 Å². The summed E-state index contributed by atoms with van der Waals surface area (Å²) in [6.45, 7) is 10.7. The van der Waals surface area contributed by atoms with Gasteiger partial charge in [-0.2, -0.15) is 0 Å². The van der Waals surface area contributed by atoms with Crippen LogP contribution >= 0.6 is 0 Å². The van der Waals surface area contributed by atoms with Gasteiger partial charge in [0.15, 0.2) is 0 Å². The monoisotopic (exact) mass is 234 g/mol. The lowest BCUT2D eigenvalue weighted by molar-refractivity contribution is 0.491. The predicted octanol–water partition coefficient (Wildman–Crippen LogP) is 3.19. The number of hydrogen-bond acceptors (Lipinski definition) is 2. The Hall–Kier alpha value is -1.02. The van der Waals surface area contributed by atoms with Gasteiger partial charge in [-0.05, 0) is 43.9 Å². The van der Waals surface area contributed by atoms with Gasteiger partial charge in [-0.3, -0.25) is 0 Å². The molecule has 0 spiro atoms. The molecular formula is C15H26N2. The summed E-state index contributed by atoms with van der Waals surface area (Å²) in [6, 6.07) is 8.90. The molecule has 0 aliphatic carbocycles. The van der Waals surface area contributed by atoms with Crippen LogP contribution in [0.25, 0.3) is 0 Å². The van der Waals surface area contributed by atoms with Crippen molar-refractivity contribution < 1.29 is 0 Å². The molecule has 1 aromatic carbocycles. The molecule has 0 amide bonds. The van der Waals surface area contributed by atoms with Gasteiger partial charge in [0.05, 0.1) is 0 Å². The van der Waals surface area contributed by atoms with Gasteiger partial charge >= 0.3 is 0 Å². The lowest BCUT2D eigenvalue weighted by atomic mass is 10.0. The van der Waals surface area contributed by atoms with E-state index >= 15 is 0 Å². The summed E-state index contributed by atoms with van der Waals surface area (Å²) in [5, 5.41) is 0. The fourth-order valence-electron chi connectivity index (χ4n) is 2.20. The van der Waals surface area contributed by atoms with Crippen LogP contribution in [-0.4, -0.2) is 19.1 Å². The van der Waals surface area contributed by atoms with Crippen molar-refractivity contribution in [3.63, 3.8) is 0 Å². The standard InChI is InChI=1S/C15H26N2/c1-5-17(11-14(16)9-12(2)3)15-8-6-7-13(4)10-15/h6-8,10,12,14H,5,9,11,16H2,1-4H3/t14-/m1/s1. The number of anilines is 1. The van der Waals surface area contributed by atoms with E-state index in [-0.39, 0.29) is 6.04 Å². The van der Waals surface area contributed by atoms with Crippen molar-refractivity contribution >= 4 is 5.69 Å². The maximum atomic E-state index is 6.18. The first kappa shape index (κ1) is 14.0. The highest BCUT2D eigenvalue weighted by molar-refractivity contribution is 5.48. The Kier molecular flexibility index (Phi) is 5.49. The largest absolute Gasteiger partial charge is 0.370 e. The van der Waals surface area contributed by atoms with E-state index in [1.54, 1.807) is 0 Å². The third kappa shape index (κ3) is 4.78. The van der Waals surface area contributed by atoms with Crippen LogP contribution < -0.4 is 10.6 Å². The minimum absolute atomic E-state index is 0.260. The summed E-state index contributed by atoms with van der Waals surface area (Å²) in [5.74, 6) is 0.668. The van der Waals surface area contributed by atoms with Crippen LogP contribution in [0.5, 0.6) is 0 Å². The minimum atomic E-state index is 0.260. The van der Waals surface area contributed by atoms with Gasteiger partial charge in [0.2, 0.25) is 0 Å². The first-order valence-electron chi connectivity index (χ1n) is 6.60. The number of benzene rings is 1. The molecule has 1 rings (SSSR count). The highest BCUT2D eigenvalue weighted by Gasteiger charge is 2.11. The normalized spacial score (nSPS) is 12.8. The molecule has 0 aliphatic heterocycles. The van der Waals surface area contributed by atoms with E-state index in [1.165, 1.54) is 11.3 Å². The summed E-state index contributed by atoms with van der Waals surface area (Å²) < 4.78 is 0. The summed E-state index contributed by atoms with van der Waals surface area (Å²) in [7, 11) is 0. The lowest BCUT2D eigenvalue weighted by Gasteiger charge is -2.27. The van der Waals surface area contributed by atoms with Gasteiger partial charge in [0, 0.05) is 24.8 Å². The van der Waals surface area contributed by atoms with Crippen molar-refractivity contribution in [1.29, 1.82) is 0 Å². The van der Waals surface area contributed by atoms with E-state index in [2.05, 4.69) is 56.9 Å². The van der Waals surface area contributed by atoms with Crippen molar-refractivity contribution in [1.82, 2.24) is 0 Å². The Morgan fingerprint density at radius 3 is 2.53 bits per heavy atom. The smallest absolute Gasteiger partial charge is 0.0369 e. The van der Waals surface area contributed by atoms with E-state index in [0.29, 0.717) is 5.92 Å². The van der Waals surface area contributed by atoms with E-state index < -0.39 is 0 Å². The molecule has 0 unspecified atom stereocenters. The van der Waals surface area contributed by atoms with Gasteiger partial charge in [0.25, 0.3) is 0 Å². The van der Waals surface area contributed by atoms with E-state index in [1.807, 2.05) is 0 Å². The molecule has 1 atom stereocenters. The topological polar surface area (TPSA) is 29.3 Å².